The number of aromatic nitrogens is 2. The van der Waals surface area contributed by atoms with Gasteiger partial charge in [0.25, 0.3) is 0 Å². The molecule has 1 aromatic heterocycles. The SMILES string of the molecule is COc1ncnc(Cl)c1C1(C(=O)O)CC1. The minimum Gasteiger partial charge on any atom is -0.481 e. The number of aliphatic carboxylic acids is 1. The average molecular weight is 229 g/mol. The fraction of sp³-hybridized carbons (Fsp3) is 0.444. The van der Waals surface area contributed by atoms with Crippen molar-refractivity contribution < 1.29 is 14.6 Å². The first kappa shape index (κ1) is 10.2. The van der Waals surface area contributed by atoms with E-state index >= 15 is 0 Å². The lowest BCUT2D eigenvalue weighted by Gasteiger charge is -2.13. The summed E-state index contributed by atoms with van der Waals surface area (Å²) >= 11 is 5.88. The largest absolute Gasteiger partial charge is 0.481 e. The highest BCUT2D eigenvalue weighted by Gasteiger charge is 2.55. The van der Waals surface area contributed by atoms with Gasteiger partial charge in [0.2, 0.25) is 5.88 Å². The van der Waals surface area contributed by atoms with Gasteiger partial charge in [-0.25, -0.2) is 9.97 Å². The van der Waals surface area contributed by atoms with Gasteiger partial charge in [-0.15, -0.1) is 0 Å². The van der Waals surface area contributed by atoms with E-state index in [1.807, 2.05) is 0 Å². The van der Waals surface area contributed by atoms with Crippen molar-refractivity contribution in [3.63, 3.8) is 0 Å². The van der Waals surface area contributed by atoms with Crippen molar-refractivity contribution in [1.82, 2.24) is 9.97 Å². The molecule has 0 aliphatic heterocycles. The van der Waals surface area contributed by atoms with E-state index in [1.165, 1.54) is 13.4 Å². The van der Waals surface area contributed by atoms with Crippen LogP contribution in [0.1, 0.15) is 18.4 Å². The minimum atomic E-state index is -0.941. The molecule has 1 aliphatic carbocycles. The summed E-state index contributed by atoms with van der Waals surface area (Å²) in [7, 11) is 1.43. The Morgan fingerprint density at radius 1 is 1.60 bits per heavy atom. The molecular weight excluding hydrogens is 220 g/mol. The Bertz CT molecular complexity index is 418. The number of hydrogen-bond acceptors (Lipinski definition) is 4. The first-order valence-electron chi connectivity index (χ1n) is 4.40. The zero-order chi connectivity index (χ0) is 11.1. The summed E-state index contributed by atoms with van der Waals surface area (Å²) in [5.41, 5.74) is -0.550. The molecule has 1 N–H and O–H groups in total. The van der Waals surface area contributed by atoms with Gasteiger partial charge in [-0.05, 0) is 12.8 Å². The Labute approximate surface area is 91.1 Å². The summed E-state index contributed by atoms with van der Waals surface area (Å²) in [5, 5.41) is 9.29. The standard InChI is InChI=1S/C9H9ClN2O3/c1-15-7-5(6(10)11-4-12-7)9(2-3-9)8(13)14/h4H,2-3H2,1H3,(H,13,14). The highest BCUT2D eigenvalue weighted by atomic mass is 35.5. The zero-order valence-corrected chi connectivity index (χ0v) is 8.78. The number of carboxylic acids is 1. The van der Waals surface area contributed by atoms with Gasteiger partial charge in [-0.3, -0.25) is 4.79 Å². The van der Waals surface area contributed by atoms with Crippen LogP contribution >= 0.6 is 11.6 Å². The number of carboxylic acid groups (broad SMARTS) is 1. The average Bonchev–Trinajstić information content (AvgIpc) is 2.98. The molecule has 1 fully saturated rings. The van der Waals surface area contributed by atoms with Crippen molar-refractivity contribution in [3.05, 3.63) is 17.0 Å². The van der Waals surface area contributed by atoms with Crippen LogP contribution in [0.15, 0.2) is 6.33 Å². The number of methoxy groups -OCH3 is 1. The van der Waals surface area contributed by atoms with Crippen LogP contribution in [0.25, 0.3) is 0 Å². The summed E-state index contributed by atoms with van der Waals surface area (Å²) in [5.74, 6) is -0.660. The predicted octanol–water partition coefficient (Wildman–Crippen LogP) is 1.25. The van der Waals surface area contributed by atoms with Crippen LogP contribution in [0, 0.1) is 0 Å². The van der Waals surface area contributed by atoms with E-state index in [0.29, 0.717) is 18.4 Å². The molecule has 1 heterocycles. The quantitative estimate of drug-likeness (QED) is 0.789. The smallest absolute Gasteiger partial charge is 0.314 e. The van der Waals surface area contributed by atoms with E-state index in [2.05, 4.69) is 9.97 Å². The van der Waals surface area contributed by atoms with Gasteiger partial charge < -0.3 is 9.84 Å². The highest BCUT2D eigenvalue weighted by Crippen LogP contribution is 2.52. The molecule has 1 saturated carbocycles. The third-order valence-electron chi connectivity index (χ3n) is 2.60. The van der Waals surface area contributed by atoms with E-state index in [0.717, 1.165) is 0 Å². The molecule has 1 aliphatic rings. The fourth-order valence-corrected chi connectivity index (χ4v) is 1.91. The lowest BCUT2D eigenvalue weighted by Crippen LogP contribution is -2.21. The maximum Gasteiger partial charge on any atom is 0.314 e. The maximum absolute atomic E-state index is 11.1. The molecule has 0 radical (unpaired) electrons. The van der Waals surface area contributed by atoms with Crippen molar-refractivity contribution in [1.29, 1.82) is 0 Å². The fourth-order valence-electron chi connectivity index (χ4n) is 1.60. The van der Waals surface area contributed by atoms with Crippen LogP contribution in [0.3, 0.4) is 0 Å². The van der Waals surface area contributed by atoms with Gasteiger partial charge >= 0.3 is 5.97 Å². The number of carbonyl (C=O) groups is 1. The van der Waals surface area contributed by atoms with Gasteiger partial charge in [-0.2, -0.15) is 0 Å². The second-order valence-corrected chi connectivity index (χ2v) is 3.79. The molecule has 0 saturated heterocycles. The van der Waals surface area contributed by atoms with Crippen LogP contribution in [0.2, 0.25) is 5.15 Å². The normalized spacial score (nSPS) is 17.2. The Morgan fingerprint density at radius 2 is 2.27 bits per heavy atom. The summed E-state index contributed by atoms with van der Waals surface area (Å²) in [6.45, 7) is 0. The first-order chi connectivity index (χ1) is 7.12. The Hall–Kier alpha value is -1.36. The predicted molar refractivity (Wildman–Crippen MR) is 52.1 cm³/mol. The van der Waals surface area contributed by atoms with Crippen LogP contribution in [0.4, 0.5) is 0 Å². The molecule has 0 bridgehead atoms. The number of rotatable bonds is 3. The van der Waals surface area contributed by atoms with Crippen LogP contribution in [0.5, 0.6) is 5.88 Å². The van der Waals surface area contributed by atoms with Gasteiger partial charge in [-0.1, -0.05) is 11.6 Å². The molecule has 5 nitrogen and oxygen atoms in total. The third kappa shape index (κ3) is 1.43. The third-order valence-corrected chi connectivity index (χ3v) is 2.88. The molecule has 0 aromatic carbocycles. The molecule has 0 spiro atoms. The molecule has 0 unspecified atom stereocenters. The zero-order valence-electron chi connectivity index (χ0n) is 8.03. The second kappa shape index (κ2) is 3.34. The lowest BCUT2D eigenvalue weighted by molar-refractivity contribution is -0.140. The molecule has 15 heavy (non-hydrogen) atoms. The highest BCUT2D eigenvalue weighted by molar-refractivity contribution is 6.30. The van der Waals surface area contributed by atoms with E-state index in [4.69, 9.17) is 21.4 Å². The Balaban J connectivity index is 2.56. The van der Waals surface area contributed by atoms with E-state index < -0.39 is 11.4 Å². The Kier molecular flexibility index (Phi) is 2.26. The van der Waals surface area contributed by atoms with Crippen molar-refractivity contribution in [3.8, 4) is 5.88 Å². The minimum absolute atomic E-state index is 0.154. The van der Waals surface area contributed by atoms with Gasteiger partial charge in [0.05, 0.1) is 12.7 Å². The number of nitrogens with zero attached hydrogens (tertiary/aromatic N) is 2. The molecule has 0 amide bonds. The number of hydrogen-bond donors (Lipinski definition) is 1. The van der Waals surface area contributed by atoms with Crippen LogP contribution in [-0.4, -0.2) is 28.2 Å². The first-order valence-corrected chi connectivity index (χ1v) is 4.78. The maximum atomic E-state index is 11.1. The summed E-state index contributed by atoms with van der Waals surface area (Å²) in [6.07, 6.45) is 2.35. The van der Waals surface area contributed by atoms with Gasteiger partial charge in [0, 0.05) is 0 Å². The molecule has 6 heteroatoms. The number of halogens is 1. The van der Waals surface area contributed by atoms with E-state index in [1.54, 1.807) is 0 Å². The van der Waals surface area contributed by atoms with Gasteiger partial charge in [0.15, 0.2) is 0 Å². The molecule has 80 valence electrons. The molecule has 0 atom stereocenters. The van der Waals surface area contributed by atoms with Crippen molar-refractivity contribution >= 4 is 17.6 Å². The van der Waals surface area contributed by atoms with Crippen molar-refractivity contribution in [2.75, 3.05) is 7.11 Å². The summed E-state index contributed by atoms with van der Waals surface area (Å²) < 4.78 is 5.00. The van der Waals surface area contributed by atoms with E-state index in [9.17, 15) is 4.79 Å². The van der Waals surface area contributed by atoms with E-state index in [-0.39, 0.29) is 11.0 Å². The van der Waals surface area contributed by atoms with Crippen LogP contribution < -0.4 is 4.74 Å². The molecular formula is C9H9ClN2O3. The number of ether oxygens (including phenoxy) is 1. The summed E-state index contributed by atoms with van der Waals surface area (Å²) in [4.78, 5) is 18.8. The Morgan fingerprint density at radius 3 is 2.73 bits per heavy atom. The molecule has 1 aromatic rings. The van der Waals surface area contributed by atoms with Crippen molar-refractivity contribution in [2.24, 2.45) is 0 Å². The lowest BCUT2D eigenvalue weighted by atomic mass is 9.99. The van der Waals surface area contributed by atoms with Gasteiger partial charge in [0.1, 0.15) is 16.9 Å². The summed E-state index contributed by atoms with van der Waals surface area (Å²) in [6, 6.07) is 0. The van der Waals surface area contributed by atoms with Crippen molar-refractivity contribution in [2.45, 2.75) is 18.3 Å². The molecule has 2 rings (SSSR count). The van der Waals surface area contributed by atoms with Crippen LogP contribution in [-0.2, 0) is 10.2 Å². The monoisotopic (exact) mass is 228 g/mol. The topological polar surface area (TPSA) is 72.3 Å². The second-order valence-electron chi connectivity index (χ2n) is 3.44.